The zero-order valence-corrected chi connectivity index (χ0v) is 12.4. The van der Waals surface area contributed by atoms with Gasteiger partial charge in [-0.25, -0.2) is 0 Å². The highest BCUT2D eigenvalue weighted by molar-refractivity contribution is 6.35. The molecule has 5 nitrogen and oxygen atoms in total. The molecular weight excluding hydrogens is 301 g/mol. The molecule has 3 rings (SSSR count). The van der Waals surface area contributed by atoms with Crippen LogP contribution in [0.15, 0.2) is 22.7 Å². The smallest absolute Gasteiger partial charge is 0.324 e. The first-order chi connectivity index (χ1) is 9.63. The van der Waals surface area contributed by atoms with Gasteiger partial charge in [-0.1, -0.05) is 28.4 Å². The molecule has 2 aromatic rings. The first kappa shape index (κ1) is 13.7. The van der Waals surface area contributed by atoms with Gasteiger partial charge in [0.25, 0.3) is 0 Å². The molecule has 1 unspecified atom stereocenters. The van der Waals surface area contributed by atoms with E-state index >= 15 is 0 Å². The number of nitrogens with zero attached hydrogens (tertiary/aromatic N) is 3. The lowest BCUT2D eigenvalue weighted by atomic mass is 10.2. The standard InChI is InChI=1S/C13H13Cl2N3O2/c1-8-7-19-3-2-18(8)13-16-12(17-20-13)9-4-10(14)6-11(15)5-9/h4-6,8H,2-3,7H2,1H3. The van der Waals surface area contributed by atoms with Crippen molar-refractivity contribution in [1.82, 2.24) is 10.1 Å². The van der Waals surface area contributed by atoms with Gasteiger partial charge in [-0.15, -0.1) is 0 Å². The highest BCUT2D eigenvalue weighted by atomic mass is 35.5. The van der Waals surface area contributed by atoms with Crippen molar-refractivity contribution in [1.29, 1.82) is 0 Å². The molecular formula is C13H13Cl2N3O2. The summed E-state index contributed by atoms with van der Waals surface area (Å²) in [5.74, 6) is 0.475. The highest BCUT2D eigenvalue weighted by Gasteiger charge is 2.24. The van der Waals surface area contributed by atoms with Gasteiger partial charge in [0.2, 0.25) is 5.82 Å². The Morgan fingerprint density at radius 2 is 2.00 bits per heavy atom. The van der Waals surface area contributed by atoms with Crippen LogP contribution in [0, 0.1) is 0 Å². The van der Waals surface area contributed by atoms with E-state index in [1.165, 1.54) is 0 Å². The maximum atomic E-state index is 5.98. The summed E-state index contributed by atoms with van der Waals surface area (Å²) in [5, 5.41) is 5.07. The summed E-state index contributed by atoms with van der Waals surface area (Å²) in [6.45, 7) is 4.10. The Morgan fingerprint density at radius 3 is 2.70 bits per heavy atom. The van der Waals surface area contributed by atoms with Gasteiger partial charge in [0.1, 0.15) is 0 Å². The molecule has 106 valence electrons. The summed E-state index contributed by atoms with van der Waals surface area (Å²) in [4.78, 5) is 6.45. The van der Waals surface area contributed by atoms with E-state index in [2.05, 4.69) is 17.1 Å². The molecule has 1 aromatic heterocycles. The molecule has 1 atom stereocenters. The van der Waals surface area contributed by atoms with Gasteiger partial charge in [0.05, 0.1) is 19.3 Å². The number of rotatable bonds is 2. The predicted octanol–water partition coefficient (Wildman–Crippen LogP) is 3.27. The Hall–Kier alpha value is -1.30. The average molecular weight is 314 g/mol. The van der Waals surface area contributed by atoms with E-state index in [4.69, 9.17) is 32.5 Å². The van der Waals surface area contributed by atoms with Crippen LogP contribution in [-0.4, -0.2) is 35.9 Å². The lowest BCUT2D eigenvalue weighted by Crippen LogP contribution is -2.43. The molecule has 0 N–H and O–H groups in total. The number of hydrogen-bond donors (Lipinski definition) is 0. The van der Waals surface area contributed by atoms with Crippen molar-refractivity contribution in [3.05, 3.63) is 28.2 Å². The number of aromatic nitrogens is 2. The van der Waals surface area contributed by atoms with Crippen LogP contribution < -0.4 is 4.90 Å². The quantitative estimate of drug-likeness (QED) is 0.851. The van der Waals surface area contributed by atoms with E-state index in [0.717, 1.165) is 12.1 Å². The van der Waals surface area contributed by atoms with Crippen LogP contribution >= 0.6 is 23.2 Å². The zero-order valence-electron chi connectivity index (χ0n) is 10.8. The van der Waals surface area contributed by atoms with Gasteiger partial charge >= 0.3 is 6.01 Å². The average Bonchev–Trinajstić information content (AvgIpc) is 2.87. The molecule has 1 aliphatic heterocycles. The number of morpholine rings is 1. The first-order valence-corrected chi connectivity index (χ1v) is 7.03. The second-order valence-corrected chi connectivity index (χ2v) is 5.55. The van der Waals surface area contributed by atoms with E-state index in [-0.39, 0.29) is 6.04 Å². The fourth-order valence-electron chi connectivity index (χ4n) is 2.14. The minimum Gasteiger partial charge on any atom is -0.377 e. The summed E-state index contributed by atoms with van der Waals surface area (Å²) >= 11 is 12.0. The predicted molar refractivity (Wildman–Crippen MR) is 77.4 cm³/mol. The fourth-order valence-corrected chi connectivity index (χ4v) is 2.67. The Labute approximate surface area is 126 Å². The van der Waals surface area contributed by atoms with E-state index in [1.54, 1.807) is 18.2 Å². The van der Waals surface area contributed by atoms with Gasteiger partial charge in [-0.3, -0.25) is 0 Å². The van der Waals surface area contributed by atoms with Crippen molar-refractivity contribution >= 4 is 29.2 Å². The number of benzene rings is 1. The van der Waals surface area contributed by atoms with Crippen molar-refractivity contribution in [3.63, 3.8) is 0 Å². The SMILES string of the molecule is CC1COCCN1c1nc(-c2cc(Cl)cc(Cl)c2)no1. The molecule has 0 radical (unpaired) electrons. The molecule has 7 heteroatoms. The molecule has 0 spiro atoms. The lowest BCUT2D eigenvalue weighted by Gasteiger charge is -2.31. The van der Waals surface area contributed by atoms with Crippen LogP contribution in [0.3, 0.4) is 0 Å². The third-order valence-electron chi connectivity index (χ3n) is 3.15. The summed E-state index contributed by atoms with van der Waals surface area (Å²) in [6.07, 6.45) is 0. The number of hydrogen-bond acceptors (Lipinski definition) is 5. The topological polar surface area (TPSA) is 51.4 Å². The van der Waals surface area contributed by atoms with Crippen LogP contribution in [0.25, 0.3) is 11.4 Å². The first-order valence-electron chi connectivity index (χ1n) is 6.28. The third-order valence-corrected chi connectivity index (χ3v) is 3.59. The summed E-state index contributed by atoms with van der Waals surface area (Å²) in [7, 11) is 0. The molecule has 1 aromatic carbocycles. The Balaban J connectivity index is 1.89. The van der Waals surface area contributed by atoms with E-state index in [9.17, 15) is 0 Å². The van der Waals surface area contributed by atoms with Crippen molar-refractivity contribution in [2.75, 3.05) is 24.7 Å². The minimum absolute atomic E-state index is 0.208. The second-order valence-electron chi connectivity index (χ2n) is 4.68. The van der Waals surface area contributed by atoms with Gasteiger partial charge in [0.15, 0.2) is 0 Å². The van der Waals surface area contributed by atoms with Gasteiger partial charge < -0.3 is 14.2 Å². The third kappa shape index (κ3) is 2.75. The van der Waals surface area contributed by atoms with Gasteiger partial charge in [-0.2, -0.15) is 4.98 Å². The van der Waals surface area contributed by atoms with Gasteiger partial charge in [0, 0.05) is 22.2 Å². The highest BCUT2D eigenvalue weighted by Crippen LogP contribution is 2.27. The normalized spacial score (nSPS) is 19.4. The van der Waals surface area contributed by atoms with E-state index < -0.39 is 0 Å². The Bertz CT molecular complexity index is 597. The molecule has 1 saturated heterocycles. The van der Waals surface area contributed by atoms with Crippen molar-refractivity contribution in [3.8, 4) is 11.4 Å². The zero-order chi connectivity index (χ0) is 14.1. The van der Waals surface area contributed by atoms with Crippen molar-refractivity contribution < 1.29 is 9.26 Å². The molecule has 0 saturated carbocycles. The molecule has 0 bridgehead atoms. The molecule has 0 amide bonds. The molecule has 0 aliphatic carbocycles. The maximum Gasteiger partial charge on any atom is 0.324 e. The summed E-state index contributed by atoms with van der Waals surface area (Å²) < 4.78 is 10.7. The molecule has 1 aliphatic rings. The number of halogens is 2. The second kappa shape index (κ2) is 5.60. The lowest BCUT2D eigenvalue weighted by molar-refractivity contribution is 0.0954. The summed E-state index contributed by atoms with van der Waals surface area (Å²) in [5.41, 5.74) is 0.735. The fraction of sp³-hybridized carbons (Fsp3) is 0.385. The number of ether oxygens (including phenoxy) is 1. The van der Waals surface area contributed by atoms with Crippen LogP contribution in [0.2, 0.25) is 10.0 Å². The van der Waals surface area contributed by atoms with E-state index in [0.29, 0.717) is 35.1 Å². The molecule has 20 heavy (non-hydrogen) atoms. The van der Waals surface area contributed by atoms with Crippen LogP contribution in [0.1, 0.15) is 6.92 Å². The van der Waals surface area contributed by atoms with Crippen LogP contribution in [0.5, 0.6) is 0 Å². The van der Waals surface area contributed by atoms with Gasteiger partial charge in [-0.05, 0) is 25.1 Å². The van der Waals surface area contributed by atoms with Crippen molar-refractivity contribution in [2.24, 2.45) is 0 Å². The Morgan fingerprint density at radius 1 is 1.25 bits per heavy atom. The molecule has 1 fully saturated rings. The van der Waals surface area contributed by atoms with Crippen molar-refractivity contribution in [2.45, 2.75) is 13.0 Å². The monoisotopic (exact) mass is 313 g/mol. The Kier molecular flexibility index (Phi) is 3.83. The summed E-state index contributed by atoms with van der Waals surface area (Å²) in [6, 6.07) is 5.87. The largest absolute Gasteiger partial charge is 0.377 e. The van der Waals surface area contributed by atoms with E-state index in [1.807, 2.05) is 4.90 Å². The number of anilines is 1. The van der Waals surface area contributed by atoms with Crippen LogP contribution in [0.4, 0.5) is 6.01 Å². The molecule has 2 heterocycles. The minimum atomic E-state index is 0.208. The maximum absolute atomic E-state index is 5.98. The van der Waals surface area contributed by atoms with Crippen LogP contribution in [-0.2, 0) is 4.74 Å².